The average Bonchev–Trinajstić information content (AvgIpc) is 2.62. The molecule has 0 radical (unpaired) electrons. The first kappa shape index (κ1) is 11.5. The van der Waals surface area contributed by atoms with Crippen LogP contribution in [0.3, 0.4) is 0 Å². The van der Waals surface area contributed by atoms with Crippen LogP contribution >= 0.6 is 11.3 Å². The third-order valence-electron chi connectivity index (χ3n) is 2.87. The Bertz CT molecular complexity index is 376. The van der Waals surface area contributed by atoms with E-state index in [-0.39, 0.29) is 9.92 Å². The summed E-state index contributed by atoms with van der Waals surface area (Å²) in [5.74, 6) is 0. The first-order chi connectivity index (χ1) is 7.70. The zero-order valence-electron chi connectivity index (χ0n) is 9.18. The Morgan fingerprint density at radius 3 is 2.81 bits per heavy atom. The number of hydrogen-bond acceptors (Lipinski definition) is 5. The number of rotatable bonds is 5. The second kappa shape index (κ2) is 4.90. The molecule has 1 aromatic rings. The summed E-state index contributed by atoms with van der Waals surface area (Å²) in [6.45, 7) is 5.99. The van der Waals surface area contributed by atoms with Gasteiger partial charge < -0.3 is 5.32 Å². The van der Waals surface area contributed by atoms with Gasteiger partial charge in [0.15, 0.2) is 0 Å². The molecule has 6 heteroatoms. The highest BCUT2D eigenvalue weighted by molar-refractivity contribution is 7.15. The summed E-state index contributed by atoms with van der Waals surface area (Å²) in [4.78, 5) is 13.7. The van der Waals surface area contributed by atoms with Gasteiger partial charge in [0.2, 0.25) is 0 Å². The fraction of sp³-hybridized carbons (Fsp3) is 0.600. The zero-order chi connectivity index (χ0) is 11.5. The van der Waals surface area contributed by atoms with Gasteiger partial charge in [0.05, 0.1) is 4.92 Å². The van der Waals surface area contributed by atoms with E-state index in [1.165, 1.54) is 11.3 Å². The van der Waals surface area contributed by atoms with Gasteiger partial charge in [-0.2, -0.15) is 0 Å². The smallest absolute Gasteiger partial charge is 0.314 e. The molecule has 0 unspecified atom stereocenters. The summed E-state index contributed by atoms with van der Waals surface area (Å²) in [6, 6.07) is 4.04. The van der Waals surface area contributed by atoms with E-state index in [1.807, 2.05) is 6.07 Å². The minimum Gasteiger partial charge on any atom is -0.314 e. The van der Waals surface area contributed by atoms with Crippen LogP contribution in [-0.4, -0.2) is 35.5 Å². The second-order valence-electron chi connectivity index (χ2n) is 3.87. The van der Waals surface area contributed by atoms with Crippen molar-refractivity contribution < 1.29 is 4.92 Å². The van der Waals surface area contributed by atoms with Crippen molar-refractivity contribution >= 4 is 16.3 Å². The van der Waals surface area contributed by atoms with Crippen molar-refractivity contribution in [2.45, 2.75) is 19.5 Å². The minimum absolute atomic E-state index is 0.234. The molecule has 2 rings (SSSR count). The van der Waals surface area contributed by atoms with E-state index in [4.69, 9.17) is 0 Å². The maximum Gasteiger partial charge on any atom is 0.324 e. The van der Waals surface area contributed by atoms with E-state index >= 15 is 0 Å². The van der Waals surface area contributed by atoms with Gasteiger partial charge in [-0.1, -0.05) is 18.3 Å². The van der Waals surface area contributed by atoms with E-state index in [0.717, 1.165) is 31.1 Å². The summed E-state index contributed by atoms with van der Waals surface area (Å²) in [5.41, 5.74) is 0. The molecule has 2 heterocycles. The lowest BCUT2D eigenvalue weighted by atomic mass is 10.1. The molecule has 88 valence electrons. The average molecular weight is 241 g/mol. The predicted octanol–water partition coefficient (Wildman–Crippen LogP) is 1.45. The predicted molar refractivity (Wildman–Crippen MR) is 63.7 cm³/mol. The Balaban J connectivity index is 1.98. The lowest BCUT2D eigenvalue weighted by Crippen LogP contribution is -2.56. The molecule has 1 aliphatic heterocycles. The van der Waals surface area contributed by atoms with Crippen molar-refractivity contribution in [3.8, 4) is 0 Å². The molecular weight excluding hydrogens is 226 g/mol. The number of thiophene rings is 1. The number of hydrogen-bond donors (Lipinski definition) is 1. The molecule has 1 saturated heterocycles. The van der Waals surface area contributed by atoms with Crippen LogP contribution in [0.15, 0.2) is 12.1 Å². The Morgan fingerprint density at radius 1 is 1.62 bits per heavy atom. The van der Waals surface area contributed by atoms with Gasteiger partial charge >= 0.3 is 5.00 Å². The highest BCUT2D eigenvalue weighted by atomic mass is 32.1. The quantitative estimate of drug-likeness (QED) is 0.626. The van der Waals surface area contributed by atoms with Gasteiger partial charge in [-0.05, 0) is 12.6 Å². The topological polar surface area (TPSA) is 58.4 Å². The summed E-state index contributed by atoms with van der Waals surface area (Å²) in [7, 11) is 0. The summed E-state index contributed by atoms with van der Waals surface area (Å²) in [6.07, 6.45) is 0. The van der Waals surface area contributed by atoms with Crippen molar-refractivity contribution in [2.75, 3.05) is 19.6 Å². The summed E-state index contributed by atoms with van der Waals surface area (Å²) in [5, 5.41) is 14.0. The number of nitrogens with one attached hydrogen (secondary N) is 1. The molecular formula is C10H15N3O2S. The lowest BCUT2D eigenvalue weighted by molar-refractivity contribution is -0.380. The van der Waals surface area contributed by atoms with Gasteiger partial charge in [-0.25, -0.2) is 0 Å². The fourth-order valence-electron chi connectivity index (χ4n) is 1.78. The van der Waals surface area contributed by atoms with E-state index in [2.05, 4.69) is 17.1 Å². The van der Waals surface area contributed by atoms with Crippen LogP contribution in [0.2, 0.25) is 0 Å². The number of likely N-dealkylation sites (N-methyl/N-ethyl adjacent to an activating group) is 1. The molecule has 5 nitrogen and oxygen atoms in total. The lowest BCUT2D eigenvalue weighted by Gasteiger charge is -2.37. The van der Waals surface area contributed by atoms with Crippen LogP contribution < -0.4 is 5.32 Å². The number of nitro groups is 1. The molecule has 1 aliphatic rings. The van der Waals surface area contributed by atoms with Crippen LogP contribution in [-0.2, 0) is 6.54 Å². The van der Waals surface area contributed by atoms with E-state index in [9.17, 15) is 10.1 Å². The molecule has 0 amide bonds. The van der Waals surface area contributed by atoms with Gasteiger partial charge in [0.1, 0.15) is 0 Å². The van der Waals surface area contributed by atoms with Crippen molar-refractivity contribution in [2.24, 2.45) is 0 Å². The SMILES string of the molecule is CCN(Cc1ccc([N+](=O)[O-])s1)C1CNC1. The fourth-order valence-corrected chi connectivity index (χ4v) is 2.63. The molecule has 0 aromatic carbocycles. The van der Waals surface area contributed by atoms with Gasteiger partial charge in [0.25, 0.3) is 0 Å². The van der Waals surface area contributed by atoms with E-state index in [0.29, 0.717) is 6.04 Å². The van der Waals surface area contributed by atoms with Gasteiger partial charge in [-0.15, -0.1) is 0 Å². The normalized spacial score (nSPS) is 16.4. The molecule has 0 spiro atoms. The van der Waals surface area contributed by atoms with Crippen LogP contribution in [0.5, 0.6) is 0 Å². The largest absolute Gasteiger partial charge is 0.324 e. The Labute approximate surface area is 98.2 Å². The summed E-state index contributed by atoms with van der Waals surface area (Å²) >= 11 is 1.28. The third kappa shape index (κ3) is 2.40. The molecule has 0 aliphatic carbocycles. The molecule has 1 aromatic heterocycles. The maximum atomic E-state index is 10.6. The van der Waals surface area contributed by atoms with Crippen LogP contribution in [0.4, 0.5) is 5.00 Å². The maximum absolute atomic E-state index is 10.6. The Morgan fingerprint density at radius 2 is 2.38 bits per heavy atom. The van der Waals surface area contributed by atoms with Crippen LogP contribution in [0.1, 0.15) is 11.8 Å². The highest BCUT2D eigenvalue weighted by Gasteiger charge is 2.24. The van der Waals surface area contributed by atoms with Crippen molar-refractivity contribution in [1.82, 2.24) is 10.2 Å². The first-order valence-electron chi connectivity index (χ1n) is 5.38. The van der Waals surface area contributed by atoms with Crippen molar-refractivity contribution in [1.29, 1.82) is 0 Å². The highest BCUT2D eigenvalue weighted by Crippen LogP contribution is 2.25. The van der Waals surface area contributed by atoms with Crippen molar-refractivity contribution in [3.63, 3.8) is 0 Å². The molecule has 0 saturated carbocycles. The Hall–Kier alpha value is -0.980. The summed E-state index contributed by atoms with van der Waals surface area (Å²) < 4.78 is 0. The molecule has 0 bridgehead atoms. The first-order valence-corrected chi connectivity index (χ1v) is 6.20. The van der Waals surface area contributed by atoms with Crippen molar-refractivity contribution in [3.05, 3.63) is 27.1 Å². The molecule has 1 N–H and O–H groups in total. The number of nitrogens with zero attached hydrogens (tertiary/aromatic N) is 2. The Kier molecular flexibility index (Phi) is 3.52. The third-order valence-corrected chi connectivity index (χ3v) is 3.89. The molecule has 16 heavy (non-hydrogen) atoms. The van der Waals surface area contributed by atoms with Crippen LogP contribution in [0, 0.1) is 10.1 Å². The zero-order valence-corrected chi connectivity index (χ0v) is 10.00. The minimum atomic E-state index is -0.324. The van der Waals surface area contributed by atoms with E-state index in [1.54, 1.807) is 6.07 Å². The van der Waals surface area contributed by atoms with Crippen LogP contribution in [0.25, 0.3) is 0 Å². The van der Waals surface area contributed by atoms with Gasteiger partial charge in [-0.3, -0.25) is 15.0 Å². The molecule has 1 fully saturated rings. The van der Waals surface area contributed by atoms with Gasteiger partial charge in [0, 0.05) is 36.6 Å². The molecule has 0 atom stereocenters. The van der Waals surface area contributed by atoms with E-state index < -0.39 is 0 Å². The second-order valence-corrected chi connectivity index (χ2v) is 5.02. The standard InChI is InChI=1S/C10H15N3O2S/c1-2-12(8-5-11-6-8)7-9-3-4-10(16-9)13(14)15/h3-4,8,11H,2,5-7H2,1H3. The monoisotopic (exact) mass is 241 g/mol.